The van der Waals surface area contributed by atoms with Crippen molar-refractivity contribution in [1.29, 1.82) is 0 Å². The van der Waals surface area contributed by atoms with Crippen molar-refractivity contribution in [2.45, 2.75) is 6.04 Å². The lowest BCUT2D eigenvalue weighted by Gasteiger charge is -2.14. The van der Waals surface area contributed by atoms with E-state index in [4.69, 9.17) is 16.2 Å². The maximum atomic E-state index is 11.7. The molecule has 1 aromatic carbocycles. The van der Waals surface area contributed by atoms with Crippen LogP contribution in [-0.2, 0) is 4.74 Å². The van der Waals surface area contributed by atoms with E-state index in [-0.39, 0.29) is 11.6 Å². The fourth-order valence-corrected chi connectivity index (χ4v) is 2.39. The lowest BCUT2D eigenvalue weighted by molar-refractivity contribution is 0.100. The zero-order chi connectivity index (χ0) is 18.5. The van der Waals surface area contributed by atoms with E-state index < -0.39 is 5.91 Å². The number of hydrogen-bond acceptors (Lipinski definition) is 8. The first-order valence-corrected chi connectivity index (χ1v) is 7.92. The Morgan fingerprint density at radius 1 is 1.38 bits per heavy atom. The van der Waals surface area contributed by atoms with Crippen LogP contribution < -0.4 is 22.1 Å². The number of H-pyrrole nitrogens is 1. The summed E-state index contributed by atoms with van der Waals surface area (Å²) in [6, 6.07) is 5.33. The number of amides is 1. The third-order valence-corrected chi connectivity index (χ3v) is 3.64. The number of rotatable bonds is 8. The Balaban J connectivity index is 1.82. The van der Waals surface area contributed by atoms with Gasteiger partial charge in [-0.1, -0.05) is 0 Å². The van der Waals surface area contributed by atoms with Gasteiger partial charge in [-0.15, -0.1) is 0 Å². The molecule has 0 saturated heterocycles. The number of anilines is 3. The molecule has 2 aromatic heterocycles. The molecule has 136 valence electrons. The Labute approximate surface area is 149 Å². The third-order valence-electron chi connectivity index (χ3n) is 3.64. The molecule has 0 fully saturated rings. The van der Waals surface area contributed by atoms with E-state index in [9.17, 15) is 4.79 Å². The number of aromatic nitrogens is 4. The molecular weight excluding hydrogens is 336 g/mol. The van der Waals surface area contributed by atoms with Gasteiger partial charge >= 0.3 is 0 Å². The van der Waals surface area contributed by atoms with Crippen molar-refractivity contribution >= 4 is 34.4 Å². The third kappa shape index (κ3) is 4.05. The van der Waals surface area contributed by atoms with Crippen molar-refractivity contribution in [3.8, 4) is 0 Å². The number of benzene rings is 1. The van der Waals surface area contributed by atoms with Gasteiger partial charge in [0, 0.05) is 31.6 Å². The van der Waals surface area contributed by atoms with Crippen LogP contribution in [0, 0.1) is 0 Å². The minimum Gasteiger partial charge on any atom is -0.383 e. The number of methoxy groups -OCH3 is 1. The van der Waals surface area contributed by atoms with Crippen LogP contribution in [0.25, 0.3) is 11.0 Å². The average Bonchev–Trinajstić information content (AvgIpc) is 3.08. The molecule has 0 bridgehead atoms. The number of ether oxygens (including phenoxy) is 1. The average molecular weight is 356 g/mol. The van der Waals surface area contributed by atoms with Crippen molar-refractivity contribution < 1.29 is 9.53 Å². The van der Waals surface area contributed by atoms with Gasteiger partial charge in [-0.2, -0.15) is 4.98 Å². The van der Waals surface area contributed by atoms with Gasteiger partial charge in [-0.05, 0) is 18.2 Å². The zero-order valence-corrected chi connectivity index (χ0v) is 14.2. The van der Waals surface area contributed by atoms with Crippen LogP contribution in [0.2, 0.25) is 0 Å². The summed E-state index contributed by atoms with van der Waals surface area (Å²) in [5.74, 6) is -0.00129. The molecule has 26 heavy (non-hydrogen) atoms. The first-order chi connectivity index (χ1) is 12.6. The van der Waals surface area contributed by atoms with Crippen LogP contribution >= 0.6 is 0 Å². The van der Waals surface area contributed by atoms with Crippen molar-refractivity contribution in [1.82, 2.24) is 19.9 Å². The van der Waals surface area contributed by atoms with Crippen LogP contribution in [0.4, 0.5) is 17.5 Å². The first kappa shape index (κ1) is 17.6. The van der Waals surface area contributed by atoms with Gasteiger partial charge in [0.2, 0.25) is 5.95 Å². The summed E-state index contributed by atoms with van der Waals surface area (Å²) >= 11 is 0. The van der Waals surface area contributed by atoms with Gasteiger partial charge in [0.1, 0.15) is 11.4 Å². The van der Waals surface area contributed by atoms with Crippen molar-refractivity contribution in [2.24, 2.45) is 11.5 Å². The second-order valence-electron chi connectivity index (χ2n) is 5.68. The molecule has 10 heteroatoms. The second-order valence-corrected chi connectivity index (χ2v) is 5.68. The second kappa shape index (κ2) is 7.76. The molecule has 0 aliphatic rings. The Morgan fingerprint density at radius 3 is 3.00 bits per heavy atom. The smallest absolute Gasteiger partial charge is 0.254 e. The van der Waals surface area contributed by atoms with E-state index in [1.807, 2.05) is 18.2 Å². The predicted molar refractivity (Wildman–Crippen MR) is 98.3 cm³/mol. The molecule has 0 aliphatic heterocycles. The number of imidazole rings is 1. The fraction of sp³-hybridized carbons (Fsp3) is 0.250. The standard InChI is InChI=1S/C16H20N8O2/c1-26-7-9(17)5-19-16-20-6-11(14(18)25)15(24-16)23-10-2-3-12-13(4-10)22-8-21-12/h2-4,6,8-9H,5,7,17H2,1H3,(H2,18,25)(H,21,22)(H2,19,20,23,24)/t9-/m1/s1. The van der Waals surface area contributed by atoms with E-state index >= 15 is 0 Å². The molecule has 0 aliphatic carbocycles. The van der Waals surface area contributed by atoms with Gasteiger partial charge in [-0.3, -0.25) is 4.79 Å². The molecule has 1 amide bonds. The highest BCUT2D eigenvalue weighted by molar-refractivity contribution is 5.98. The number of fused-ring (bicyclic) bond motifs is 1. The van der Waals surface area contributed by atoms with E-state index in [0.29, 0.717) is 24.9 Å². The van der Waals surface area contributed by atoms with Gasteiger partial charge in [0.05, 0.1) is 24.0 Å². The molecule has 1 atom stereocenters. The van der Waals surface area contributed by atoms with Crippen LogP contribution in [0.15, 0.2) is 30.7 Å². The largest absolute Gasteiger partial charge is 0.383 e. The molecule has 0 radical (unpaired) electrons. The first-order valence-electron chi connectivity index (χ1n) is 7.92. The van der Waals surface area contributed by atoms with E-state index in [1.54, 1.807) is 13.4 Å². The summed E-state index contributed by atoms with van der Waals surface area (Å²) in [6.07, 6.45) is 2.98. The summed E-state index contributed by atoms with van der Waals surface area (Å²) in [7, 11) is 1.58. The van der Waals surface area contributed by atoms with E-state index in [2.05, 4.69) is 30.6 Å². The number of nitrogens with two attached hydrogens (primary N) is 2. The number of hydrogen-bond donors (Lipinski definition) is 5. The number of carbonyl (C=O) groups is 1. The Morgan fingerprint density at radius 2 is 2.23 bits per heavy atom. The molecule has 7 N–H and O–H groups in total. The monoisotopic (exact) mass is 356 g/mol. The maximum absolute atomic E-state index is 11.7. The van der Waals surface area contributed by atoms with Gasteiger partial charge in [0.15, 0.2) is 0 Å². The fourth-order valence-electron chi connectivity index (χ4n) is 2.39. The highest BCUT2D eigenvalue weighted by atomic mass is 16.5. The molecule has 0 unspecified atom stereocenters. The zero-order valence-electron chi connectivity index (χ0n) is 14.2. The molecule has 10 nitrogen and oxygen atoms in total. The molecule has 3 aromatic rings. The SMILES string of the molecule is COC[C@H](N)CNc1ncc(C(N)=O)c(Nc2ccc3nc[nH]c3c2)n1. The number of primary amides is 1. The Bertz CT molecular complexity index is 910. The normalized spacial score (nSPS) is 12.1. The Kier molecular flexibility index (Phi) is 5.25. The van der Waals surface area contributed by atoms with Crippen molar-refractivity contribution in [3.63, 3.8) is 0 Å². The van der Waals surface area contributed by atoms with Crippen LogP contribution in [-0.4, -0.2) is 52.1 Å². The molecular formula is C16H20N8O2. The number of nitrogens with one attached hydrogen (secondary N) is 3. The quantitative estimate of drug-likeness (QED) is 0.392. The topological polar surface area (TPSA) is 157 Å². The van der Waals surface area contributed by atoms with E-state index in [1.165, 1.54) is 6.20 Å². The summed E-state index contributed by atoms with van der Waals surface area (Å²) in [6.45, 7) is 0.824. The lowest BCUT2D eigenvalue weighted by atomic mass is 10.2. The van der Waals surface area contributed by atoms with E-state index in [0.717, 1.165) is 16.7 Å². The number of nitrogens with zero attached hydrogens (tertiary/aromatic N) is 3. The van der Waals surface area contributed by atoms with Gasteiger partial charge in [-0.25, -0.2) is 9.97 Å². The molecule has 3 rings (SSSR count). The number of carbonyl (C=O) groups excluding carboxylic acids is 1. The summed E-state index contributed by atoms with van der Waals surface area (Å²) in [4.78, 5) is 27.3. The molecule has 0 saturated carbocycles. The minimum atomic E-state index is -0.627. The van der Waals surface area contributed by atoms with Crippen LogP contribution in [0.3, 0.4) is 0 Å². The van der Waals surface area contributed by atoms with Crippen LogP contribution in [0.5, 0.6) is 0 Å². The maximum Gasteiger partial charge on any atom is 0.254 e. The van der Waals surface area contributed by atoms with Crippen molar-refractivity contribution in [3.05, 3.63) is 36.3 Å². The Hall–Kier alpha value is -3.24. The van der Waals surface area contributed by atoms with Gasteiger partial charge < -0.3 is 31.8 Å². The molecule has 2 heterocycles. The lowest BCUT2D eigenvalue weighted by Crippen LogP contribution is -2.33. The van der Waals surface area contributed by atoms with Crippen molar-refractivity contribution in [2.75, 3.05) is 30.9 Å². The molecule has 0 spiro atoms. The highest BCUT2D eigenvalue weighted by Gasteiger charge is 2.13. The van der Waals surface area contributed by atoms with Gasteiger partial charge in [0.25, 0.3) is 5.91 Å². The highest BCUT2D eigenvalue weighted by Crippen LogP contribution is 2.22. The number of aromatic amines is 1. The minimum absolute atomic E-state index is 0.182. The summed E-state index contributed by atoms with van der Waals surface area (Å²) < 4.78 is 4.99. The predicted octanol–water partition coefficient (Wildman–Crippen LogP) is 0.581. The summed E-state index contributed by atoms with van der Waals surface area (Å²) in [5, 5.41) is 6.10. The summed E-state index contributed by atoms with van der Waals surface area (Å²) in [5.41, 5.74) is 13.9. The van der Waals surface area contributed by atoms with Crippen LogP contribution in [0.1, 0.15) is 10.4 Å².